The molecule has 1 atom stereocenters. The maximum Gasteiger partial charge on any atom is 0.326 e. The minimum atomic E-state index is -3.30. The van der Waals surface area contributed by atoms with Crippen molar-refractivity contribution >= 4 is 54.1 Å². The molecule has 0 bridgehead atoms. The summed E-state index contributed by atoms with van der Waals surface area (Å²) in [7, 11) is -1.84. The van der Waals surface area contributed by atoms with Gasteiger partial charge in [0.15, 0.2) is 15.0 Å². The fourth-order valence-corrected chi connectivity index (χ4v) is 5.69. The monoisotopic (exact) mass is 567 g/mol. The average molecular weight is 568 g/mol. The van der Waals surface area contributed by atoms with Gasteiger partial charge in [-0.1, -0.05) is 43.4 Å². The Kier molecular flexibility index (Phi) is 8.22. The summed E-state index contributed by atoms with van der Waals surface area (Å²) in [4.78, 5) is 29.2. The Bertz CT molecular complexity index is 1630. The van der Waals surface area contributed by atoms with Gasteiger partial charge in [0.2, 0.25) is 0 Å². The molecule has 1 amide bonds. The number of carboxylic acids is 1. The fourth-order valence-electron chi connectivity index (χ4n) is 4.05. The number of methoxy groups -OCH3 is 1. The number of rotatable bonds is 10. The van der Waals surface area contributed by atoms with Crippen LogP contribution < -0.4 is 15.4 Å². The molecule has 0 spiro atoms. The van der Waals surface area contributed by atoms with Crippen molar-refractivity contribution in [2.24, 2.45) is 5.92 Å². The summed E-state index contributed by atoms with van der Waals surface area (Å²) >= 11 is 1.36. The highest BCUT2D eigenvalue weighted by Crippen LogP contribution is 2.32. The summed E-state index contributed by atoms with van der Waals surface area (Å²) in [5.74, 6) is -1.14. The van der Waals surface area contributed by atoms with Gasteiger partial charge in [-0.05, 0) is 65.9 Å². The van der Waals surface area contributed by atoms with Gasteiger partial charge < -0.3 is 20.5 Å². The molecule has 9 nitrogen and oxygen atoms in total. The molecule has 11 heteroatoms. The molecule has 0 aliphatic heterocycles. The summed E-state index contributed by atoms with van der Waals surface area (Å²) in [5, 5.41) is 15.9. The van der Waals surface area contributed by atoms with E-state index in [0.717, 1.165) is 21.5 Å². The number of ether oxygens (including phenoxy) is 1. The van der Waals surface area contributed by atoms with Crippen LogP contribution in [0.4, 0.5) is 10.8 Å². The fraction of sp³-hybridized carbons (Fsp3) is 0.250. The summed E-state index contributed by atoms with van der Waals surface area (Å²) in [6.07, 6.45) is 1.50. The lowest BCUT2D eigenvalue weighted by atomic mass is 10.0. The topological polar surface area (TPSA) is 135 Å². The number of benzene rings is 3. The van der Waals surface area contributed by atoms with E-state index in [9.17, 15) is 23.1 Å². The van der Waals surface area contributed by atoms with Gasteiger partial charge in [0.1, 0.15) is 11.8 Å². The lowest BCUT2D eigenvalue weighted by molar-refractivity contribution is -0.139. The lowest BCUT2D eigenvalue weighted by Crippen LogP contribution is -2.41. The van der Waals surface area contributed by atoms with Gasteiger partial charge in [0.25, 0.3) is 5.91 Å². The zero-order chi connectivity index (χ0) is 28.3. The van der Waals surface area contributed by atoms with E-state index in [1.54, 1.807) is 36.4 Å². The first-order chi connectivity index (χ1) is 18.4. The number of hydrogen-bond donors (Lipinski definition) is 3. The van der Waals surface area contributed by atoms with Crippen molar-refractivity contribution in [3.05, 3.63) is 66.2 Å². The SMILES string of the molecule is COc1cc(-c2ccc(Nc3nc4ccc(S(C)(=O)=O)cc4s3)cc2)ccc1C(=O)N[C@@H](CC(C)C)C(=O)O. The third-order valence-electron chi connectivity index (χ3n) is 6.01. The number of anilines is 2. The largest absolute Gasteiger partial charge is 0.496 e. The van der Waals surface area contributed by atoms with E-state index in [0.29, 0.717) is 22.8 Å². The molecule has 1 aromatic heterocycles. The number of thiazole rings is 1. The maximum atomic E-state index is 12.8. The average Bonchev–Trinajstić information content (AvgIpc) is 3.29. The Balaban J connectivity index is 1.50. The van der Waals surface area contributed by atoms with Gasteiger partial charge in [-0.2, -0.15) is 0 Å². The zero-order valence-electron chi connectivity index (χ0n) is 21.9. The number of fused-ring (bicyclic) bond motifs is 1. The third kappa shape index (κ3) is 6.73. The first-order valence-corrected chi connectivity index (χ1v) is 14.8. The van der Waals surface area contributed by atoms with Crippen molar-refractivity contribution in [3.63, 3.8) is 0 Å². The van der Waals surface area contributed by atoms with Crippen LogP contribution in [0, 0.1) is 5.92 Å². The number of carbonyl (C=O) groups is 2. The maximum absolute atomic E-state index is 12.8. The van der Waals surface area contributed by atoms with Crippen LogP contribution in [0.15, 0.2) is 65.6 Å². The molecule has 3 aromatic carbocycles. The van der Waals surface area contributed by atoms with E-state index in [4.69, 9.17) is 4.74 Å². The van der Waals surface area contributed by atoms with Gasteiger partial charge in [-0.25, -0.2) is 18.2 Å². The lowest BCUT2D eigenvalue weighted by Gasteiger charge is -2.18. The number of sulfone groups is 1. The molecule has 0 radical (unpaired) electrons. The van der Waals surface area contributed by atoms with E-state index >= 15 is 0 Å². The molecule has 4 rings (SSSR count). The van der Waals surface area contributed by atoms with E-state index < -0.39 is 27.8 Å². The Morgan fingerprint density at radius 1 is 1.03 bits per heavy atom. The van der Waals surface area contributed by atoms with Crippen molar-refractivity contribution in [1.82, 2.24) is 10.3 Å². The minimum absolute atomic E-state index is 0.107. The number of hydrogen-bond acceptors (Lipinski definition) is 8. The number of nitrogens with one attached hydrogen (secondary N) is 2. The number of aliphatic carboxylic acids is 1. The van der Waals surface area contributed by atoms with E-state index in [1.165, 1.54) is 24.7 Å². The van der Waals surface area contributed by atoms with Crippen LogP contribution >= 0.6 is 11.3 Å². The van der Waals surface area contributed by atoms with Crippen LogP contribution in [0.2, 0.25) is 0 Å². The summed E-state index contributed by atoms with van der Waals surface area (Å²) in [6.45, 7) is 3.79. The highest BCUT2D eigenvalue weighted by atomic mass is 32.2. The van der Waals surface area contributed by atoms with Crippen LogP contribution in [0.25, 0.3) is 21.3 Å². The molecule has 3 N–H and O–H groups in total. The molecule has 0 unspecified atom stereocenters. The Hall–Kier alpha value is -3.96. The zero-order valence-corrected chi connectivity index (χ0v) is 23.5. The van der Waals surface area contributed by atoms with Gasteiger partial charge in [0.05, 0.1) is 27.8 Å². The molecule has 0 aliphatic carbocycles. The number of amides is 1. The van der Waals surface area contributed by atoms with Crippen LogP contribution in [-0.2, 0) is 14.6 Å². The quantitative estimate of drug-likeness (QED) is 0.234. The molecule has 1 heterocycles. The second-order valence-electron chi connectivity index (χ2n) is 9.53. The number of carboxylic acid groups (broad SMARTS) is 1. The number of aromatic nitrogens is 1. The van der Waals surface area contributed by atoms with Crippen LogP contribution in [0.3, 0.4) is 0 Å². The first-order valence-electron chi connectivity index (χ1n) is 12.1. The molecule has 0 saturated heterocycles. The third-order valence-corrected chi connectivity index (χ3v) is 8.06. The van der Waals surface area contributed by atoms with Crippen LogP contribution in [-0.4, -0.2) is 49.8 Å². The van der Waals surface area contributed by atoms with Gasteiger partial charge in [-0.15, -0.1) is 0 Å². The number of nitrogens with zero attached hydrogens (tertiary/aromatic N) is 1. The summed E-state index contributed by atoms with van der Waals surface area (Å²) in [6, 6.07) is 16.6. The van der Waals surface area contributed by atoms with Gasteiger partial charge in [0, 0.05) is 11.9 Å². The molecule has 204 valence electrons. The molecule has 39 heavy (non-hydrogen) atoms. The molecular formula is C28H29N3O6S2. The van der Waals surface area contributed by atoms with Crippen molar-refractivity contribution in [1.29, 1.82) is 0 Å². The van der Waals surface area contributed by atoms with E-state index in [-0.39, 0.29) is 16.4 Å². The predicted molar refractivity (Wildman–Crippen MR) is 153 cm³/mol. The molecule has 4 aromatic rings. The van der Waals surface area contributed by atoms with Crippen LogP contribution in [0.5, 0.6) is 5.75 Å². The van der Waals surface area contributed by atoms with E-state index in [1.807, 2.05) is 38.1 Å². The van der Waals surface area contributed by atoms with Crippen LogP contribution in [0.1, 0.15) is 30.6 Å². The second-order valence-corrected chi connectivity index (χ2v) is 12.6. The molecule has 0 fully saturated rings. The Morgan fingerprint density at radius 3 is 2.33 bits per heavy atom. The van der Waals surface area contributed by atoms with Crippen molar-refractivity contribution in [3.8, 4) is 16.9 Å². The standard InChI is InChI=1S/C28H29N3O6S2/c1-16(2)13-23(27(33)34)30-26(32)21-11-7-18(14-24(21)37-3)17-5-8-19(9-6-17)29-28-31-22-12-10-20(39(4,35)36)15-25(22)38-28/h5-12,14-16,23H,13H2,1-4H3,(H,29,31)(H,30,32)(H,33,34)/t23-/m0/s1. The Morgan fingerprint density at radius 2 is 1.72 bits per heavy atom. The molecule has 0 aliphatic rings. The van der Waals surface area contributed by atoms with Crippen molar-refractivity contribution in [2.45, 2.75) is 31.2 Å². The van der Waals surface area contributed by atoms with Crippen molar-refractivity contribution in [2.75, 3.05) is 18.7 Å². The summed E-state index contributed by atoms with van der Waals surface area (Å²) < 4.78 is 29.9. The van der Waals surface area contributed by atoms with Gasteiger partial charge >= 0.3 is 5.97 Å². The second kappa shape index (κ2) is 11.4. The highest BCUT2D eigenvalue weighted by molar-refractivity contribution is 7.90. The Labute approximate surface area is 230 Å². The molecule has 0 saturated carbocycles. The highest BCUT2D eigenvalue weighted by Gasteiger charge is 2.23. The molecular weight excluding hydrogens is 538 g/mol. The smallest absolute Gasteiger partial charge is 0.326 e. The predicted octanol–water partition coefficient (Wildman–Crippen LogP) is 5.35. The van der Waals surface area contributed by atoms with Gasteiger partial charge in [-0.3, -0.25) is 4.79 Å². The van der Waals surface area contributed by atoms with Crippen molar-refractivity contribution < 1.29 is 27.9 Å². The minimum Gasteiger partial charge on any atom is -0.496 e. The normalized spacial score (nSPS) is 12.3. The first kappa shape index (κ1) is 28.1. The van der Waals surface area contributed by atoms with E-state index in [2.05, 4.69) is 15.6 Å². The number of carbonyl (C=O) groups excluding carboxylic acids is 1. The summed E-state index contributed by atoms with van der Waals surface area (Å²) in [5.41, 5.74) is 3.47.